The van der Waals surface area contributed by atoms with Gasteiger partial charge in [-0.05, 0) is 37.8 Å². The summed E-state index contributed by atoms with van der Waals surface area (Å²) in [7, 11) is 1.76. The molecule has 2 aliphatic rings. The molecule has 2 aliphatic heterocycles. The van der Waals surface area contributed by atoms with Gasteiger partial charge in [-0.2, -0.15) is 0 Å². The van der Waals surface area contributed by atoms with Gasteiger partial charge in [-0.3, -0.25) is 4.79 Å². The number of rotatable bonds is 2. The van der Waals surface area contributed by atoms with Crippen molar-refractivity contribution < 1.29 is 13.9 Å². The fourth-order valence-corrected chi connectivity index (χ4v) is 3.18. The largest absolute Gasteiger partial charge is 0.459 e. The van der Waals surface area contributed by atoms with Crippen LogP contribution in [-0.4, -0.2) is 36.1 Å². The summed E-state index contributed by atoms with van der Waals surface area (Å²) >= 11 is 0. The zero-order valence-corrected chi connectivity index (χ0v) is 9.96. The van der Waals surface area contributed by atoms with E-state index in [0.29, 0.717) is 23.9 Å². The van der Waals surface area contributed by atoms with Gasteiger partial charge >= 0.3 is 0 Å². The van der Waals surface area contributed by atoms with Crippen LogP contribution >= 0.6 is 0 Å². The Morgan fingerprint density at radius 1 is 1.41 bits per heavy atom. The molecule has 1 amide bonds. The minimum Gasteiger partial charge on any atom is -0.459 e. The lowest BCUT2D eigenvalue weighted by molar-refractivity contribution is 0.00677. The Balaban J connectivity index is 1.79. The second kappa shape index (κ2) is 4.18. The highest BCUT2D eigenvalue weighted by atomic mass is 16.5. The molecule has 0 radical (unpaired) electrons. The monoisotopic (exact) mass is 235 g/mol. The second-order valence-electron chi connectivity index (χ2n) is 4.90. The number of ether oxygens (including phenoxy) is 1. The quantitative estimate of drug-likeness (QED) is 0.788. The van der Waals surface area contributed by atoms with E-state index in [9.17, 15) is 4.79 Å². The SMILES string of the molecule is COC1CC2CCC(C1)N2C(=O)c1ccco1. The number of carbonyl (C=O) groups is 1. The number of piperidine rings is 1. The van der Waals surface area contributed by atoms with Gasteiger partial charge in [-0.15, -0.1) is 0 Å². The third-order valence-electron chi connectivity index (χ3n) is 3.99. The Hall–Kier alpha value is -1.29. The third kappa shape index (κ3) is 1.76. The van der Waals surface area contributed by atoms with E-state index in [-0.39, 0.29) is 5.91 Å². The summed E-state index contributed by atoms with van der Waals surface area (Å²) in [6.45, 7) is 0. The molecular weight excluding hydrogens is 218 g/mol. The molecule has 3 heterocycles. The van der Waals surface area contributed by atoms with E-state index in [2.05, 4.69) is 0 Å². The number of nitrogens with zero attached hydrogens (tertiary/aromatic N) is 1. The van der Waals surface area contributed by atoms with Gasteiger partial charge in [0, 0.05) is 19.2 Å². The molecule has 2 atom stereocenters. The average Bonchev–Trinajstić information content (AvgIpc) is 2.95. The van der Waals surface area contributed by atoms with Gasteiger partial charge in [0.2, 0.25) is 0 Å². The van der Waals surface area contributed by atoms with Crippen LogP contribution in [0.3, 0.4) is 0 Å². The van der Waals surface area contributed by atoms with Gasteiger partial charge in [-0.25, -0.2) is 0 Å². The number of methoxy groups -OCH3 is 1. The molecule has 1 aromatic heterocycles. The zero-order chi connectivity index (χ0) is 11.8. The standard InChI is InChI=1S/C13H17NO3/c1-16-11-7-9-4-5-10(8-11)14(9)13(15)12-3-2-6-17-12/h2-3,6,9-11H,4-5,7-8H2,1H3. The van der Waals surface area contributed by atoms with Crippen LogP contribution < -0.4 is 0 Å². The predicted molar refractivity (Wildman–Crippen MR) is 61.7 cm³/mol. The highest BCUT2D eigenvalue weighted by Gasteiger charge is 2.44. The van der Waals surface area contributed by atoms with Crippen LogP contribution in [0.4, 0.5) is 0 Å². The molecule has 0 aromatic carbocycles. The lowest BCUT2D eigenvalue weighted by Crippen LogP contribution is -2.48. The summed E-state index contributed by atoms with van der Waals surface area (Å²) in [4.78, 5) is 14.3. The Kier molecular flexibility index (Phi) is 2.67. The van der Waals surface area contributed by atoms with Crippen molar-refractivity contribution in [2.45, 2.75) is 43.9 Å². The van der Waals surface area contributed by atoms with Crippen molar-refractivity contribution in [2.24, 2.45) is 0 Å². The molecule has 4 heteroatoms. The predicted octanol–water partition coefficient (Wildman–Crippen LogP) is 2.06. The molecule has 0 N–H and O–H groups in total. The molecule has 4 nitrogen and oxygen atoms in total. The fraction of sp³-hybridized carbons (Fsp3) is 0.615. The molecule has 17 heavy (non-hydrogen) atoms. The summed E-state index contributed by atoms with van der Waals surface area (Å²) < 4.78 is 10.6. The smallest absolute Gasteiger partial charge is 0.290 e. The number of hydrogen-bond acceptors (Lipinski definition) is 3. The maximum atomic E-state index is 12.3. The highest BCUT2D eigenvalue weighted by molar-refractivity contribution is 5.92. The first-order chi connectivity index (χ1) is 8.29. The summed E-state index contributed by atoms with van der Waals surface area (Å²) in [5.74, 6) is 0.495. The third-order valence-corrected chi connectivity index (χ3v) is 3.99. The average molecular weight is 235 g/mol. The van der Waals surface area contributed by atoms with Crippen molar-refractivity contribution in [3.05, 3.63) is 24.2 Å². The van der Waals surface area contributed by atoms with Crippen LogP contribution in [0.15, 0.2) is 22.8 Å². The Bertz CT molecular complexity index is 387. The van der Waals surface area contributed by atoms with Crippen molar-refractivity contribution in [1.82, 2.24) is 4.90 Å². The molecule has 92 valence electrons. The number of carbonyl (C=O) groups excluding carboxylic acids is 1. The van der Waals surface area contributed by atoms with Gasteiger partial charge in [0.15, 0.2) is 5.76 Å². The zero-order valence-electron chi connectivity index (χ0n) is 9.96. The molecule has 0 aliphatic carbocycles. The summed E-state index contributed by atoms with van der Waals surface area (Å²) in [5.41, 5.74) is 0. The normalized spacial score (nSPS) is 31.8. The number of fused-ring (bicyclic) bond motifs is 2. The lowest BCUT2D eigenvalue weighted by Gasteiger charge is -2.37. The highest BCUT2D eigenvalue weighted by Crippen LogP contribution is 2.37. The van der Waals surface area contributed by atoms with Gasteiger partial charge in [0.1, 0.15) is 0 Å². The minimum atomic E-state index is 0.0389. The van der Waals surface area contributed by atoms with Crippen LogP contribution in [0.5, 0.6) is 0 Å². The van der Waals surface area contributed by atoms with Crippen molar-refractivity contribution in [2.75, 3.05) is 7.11 Å². The topological polar surface area (TPSA) is 42.7 Å². The molecule has 2 unspecified atom stereocenters. The number of hydrogen-bond donors (Lipinski definition) is 0. The first kappa shape index (κ1) is 10.8. The van der Waals surface area contributed by atoms with Crippen molar-refractivity contribution in [3.63, 3.8) is 0 Å². The Labute approximate surface area is 101 Å². The molecule has 2 saturated heterocycles. The second-order valence-corrected chi connectivity index (χ2v) is 4.90. The molecule has 0 saturated carbocycles. The van der Waals surface area contributed by atoms with Gasteiger partial charge < -0.3 is 14.1 Å². The fourth-order valence-electron chi connectivity index (χ4n) is 3.18. The van der Waals surface area contributed by atoms with E-state index in [1.165, 1.54) is 0 Å². The van der Waals surface area contributed by atoms with E-state index < -0.39 is 0 Å². The van der Waals surface area contributed by atoms with E-state index >= 15 is 0 Å². The molecule has 3 rings (SSSR count). The van der Waals surface area contributed by atoms with Crippen LogP contribution in [0.1, 0.15) is 36.2 Å². The van der Waals surface area contributed by atoms with E-state index in [0.717, 1.165) is 25.7 Å². The number of furan rings is 1. The number of amides is 1. The summed E-state index contributed by atoms with van der Waals surface area (Å²) in [6, 6.07) is 4.16. The molecule has 2 fully saturated rings. The molecule has 0 spiro atoms. The summed E-state index contributed by atoms with van der Waals surface area (Å²) in [6.07, 6.45) is 5.97. The summed E-state index contributed by atoms with van der Waals surface area (Å²) in [5, 5.41) is 0. The Morgan fingerprint density at radius 2 is 2.12 bits per heavy atom. The maximum absolute atomic E-state index is 12.3. The van der Waals surface area contributed by atoms with E-state index in [1.54, 1.807) is 25.5 Å². The van der Waals surface area contributed by atoms with Gasteiger partial charge in [-0.1, -0.05) is 0 Å². The molecule has 1 aromatic rings. The van der Waals surface area contributed by atoms with Crippen LogP contribution in [0.2, 0.25) is 0 Å². The van der Waals surface area contributed by atoms with E-state index in [4.69, 9.17) is 9.15 Å². The molecule has 2 bridgehead atoms. The van der Waals surface area contributed by atoms with Crippen molar-refractivity contribution in [1.29, 1.82) is 0 Å². The Morgan fingerprint density at radius 3 is 2.65 bits per heavy atom. The van der Waals surface area contributed by atoms with E-state index in [1.807, 2.05) is 4.90 Å². The minimum absolute atomic E-state index is 0.0389. The van der Waals surface area contributed by atoms with Crippen LogP contribution in [-0.2, 0) is 4.74 Å². The lowest BCUT2D eigenvalue weighted by atomic mass is 9.99. The molecular formula is C13H17NO3. The van der Waals surface area contributed by atoms with Crippen LogP contribution in [0.25, 0.3) is 0 Å². The van der Waals surface area contributed by atoms with Gasteiger partial charge in [0.25, 0.3) is 5.91 Å². The van der Waals surface area contributed by atoms with Crippen molar-refractivity contribution >= 4 is 5.91 Å². The first-order valence-electron chi connectivity index (χ1n) is 6.18. The van der Waals surface area contributed by atoms with Crippen molar-refractivity contribution in [3.8, 4) is 0 Å². The van der Waals surface area contributed by atoms with Gasteiger partial charge in [0.05, 0.1) is 12.4 Å². The maximum Gasteiger partial charge on any atom is 0.290 e. The van der Waals surface area contributed by atoms with Crippen LogP contribution in [0, 0.1) is 0 Å². The first-order valence-corrected chi connectivity index (χ1v) is 6.18.